The Labute approximate surface area is 129 Å². The lowest BCUT2D eigenvalue weighted by molar-refractivity contribution is 0.0621. The highest BCUT2D eigenvalue weighted by Crippen LogP contribution is 2.51. The summed E-state index contributed by atoms with van der Waals surface area (Å²) in [6, 6.07) is 0.233. The highest BCUT2D eigenvalue weighted by molar-refractivity contribution is 7.48. The van der Waals surface area contributed by atoms with Gasteiger partial charge in [0.25, 0.3) is 0 Å². The fraction of sp³-hybridized carbons (Fsp3) is 1.00. The van der Waals surface area contributed by atoms with E-state index in [0.29, 0.717) is 13.2 Å². The second-order valence-electron chi connectivity index (χ2n) is 5.69. The Hall–Kier alpha value is 0.0700. The smallest absolute Gasteiger partial charge is 0.311 e. The zero-order chi connectivity index (χ0) is 15.6. The van der Waals surface area contributed by atoms with Crippen molar-refractivity contribution in [1.29, 1.82) is 0 Å². The molecular formula is C15H32NO4P. The molecule has 0 bridgehead atoms. The van der Waals surface area contributed by atoms with Gasteiger partial charge >= 0.3 is 7.82 Å². The summed E-state index contributed by atoms with van der Waals surface area (Å²) in [4.78, 5) is 0. The van der Waals surface area contributed by atoms with Gasteiger partial charge in [0.1, 0.15) is 0 Å². The summed E-state index contributed by atoms with van der Waals surface area (Å²) in [5, 5.41) is 3.42. The highest BCUT2D eigenvalue weighted by atomic mass is 31.2. The lowest BCUT2D eigenvalue weighted by Gasteiger charge is -2.30. The largest absolute Gasteiger partial charge is 0.475 e. The van der Waals surface area contributed by atoms with Crippen LogP contribution < -0.4 is 5.32 Å². The standard InChI is InChI=1S/C15H32NO4P/c1-4-6-12-18-21(17,19-13-7-5-2)20-14(3)15-10-8-9-11-16-15/h14-16H,4-13H2,1-3H3. The van der Waals surface area contributed by atoms with E-state index in [0.717, 1.165) is 38.6 Å². The van der Waals surface area contributed by atoms with Gasteiger partial charge in [-0.25, -0.2) is 4.57 Å². The molecule has 0 spiro atoms. The summed E-state index contributed by atoms with van der Waals surface area (Å²) >= 11 is 0. The summed E-state index contributed by atoms with van der Waals surface area (Å²) in [6.07, 6.45) is 6.97. The molecule has 1 N–H and O–H groups in total. The van der Waals surface area contributed by atoms with Crippen molar-refractivity contribution in [2.24, 2.45) is 0 Å². The molecule has 0 aromatic rings. The van der Waals surface area contributed by atoms with Gasteiger partial charge in [-0.05, 0) is 39.2 Å². The van der Waals surface area contributed by atoms with Gasteiger partial charge < -0.3 is 5.32 Å². The van der Waals surface area contributed by atoms with Gasteiger partial charge in [0.2, 0.25) is 0 Å². The average molecular weight is 321 g/mol. The van der Waals surface area contributed by atoms with Crippen molar-refractivity contribution >= 4 is 7.82 Å². The van der Waals surface area contributed by atoms with Crippen LogP contribution in [0.5, 0.6) is 0 Å². The van der Waals surface area contributed by atoms with E-state index in [9.17, 15) is 4.57 Å². The quantitative estimate of drug-likeness (QED) is 0.455. The molecular weight excluding hydrogens is 289 g/mol. The molecule has 1 aliphatic rings. The molecule has 0 radical (unpaired) electrons. The fourth-order valence-corrected chi connectivity index (χ4v) is 3.75. The van der Waals surface area contributed by atoms with Crippen molar-refractivity contribution in [3.63, 3.8) is 0 Å². The first-order valence-electron chi connectivity index (χ1n) is 8.42. The zero-order valence-electron chi connectivity index (χ0n) is 13.8. The van der Waals surface area contributed by atoms with Crippen LogP contribution in [0.4, 0.5) is 0 Å². The van der Waals surface area contributed by atoms with Crippen LogP contribution >= 0.6 is 7.82 Å². The summed E-state index contributed by atoms with van der Waals surface area (Å²) in [5.74, 6) is 0. The normalized spacial score (nSPS) is 21.4. The third-order valence-corrected chi connectivity index (χ3v) is 5.29. The predicted molar refractivity (Wildman–Crippen MR) is 85.5 cm³/mol. The van der Waals surface area contributed by atoms with Gasteiger partial charge in [0.05, 0.1) is 19.3 Å². The third kappa shape index (κ3) is 7.75. The van der Waals surface area contributed by atoms with Crippen LogP contribution in [-0.2, 0) is 18.1 Å². The van der Waals surface area contributed by atoms with E-state index in [4.69, 9.17) is 13.6 Å². The molecule has 1 aliphatic heterocycles. The maximum atomic E-state index is 12.7. The summed E-state index contributed by atoms with van der Waals surface area (Å²) < 4.78 is 29.4. The Morgan fingerprint density at radius 2 is 1.76 bits per heavy atom. The van der Waals surface area contributed by atoms with E-state index in [1.165, 1.54) is 12.8 Å². The first-order chi connectivity index (χ1) is 10.1. The summed E-state index contributed by atoms with van der Waals surface area (Å²) in [7, 11) is -3.44. The zero-order valence-corrected chi connectivity index (χ0v) is 14.7. The van der Waals surface area contributed by atoms with Crippen molar-refractivity contribution in [1.82, 2.24) is 5.32 Å². The van der Waals surface area contributed by atoms with Crippen molar-refractivity contribution in [2.75, 3.05) is 19.8 Å². The van der Waals surface area contributed by atoms with Crippen LogP contribution in [0, 0.1) is 0 Å². The molecule has 0 saturated carbocycles. The summed E-state index contributed by atoms with van der Waals surface area (Å²) in [5.41, 5.74) is 0. The summed E-state index contributed by atoms with van der Waals surface area (Å²) in [6.45, 7) is 7.93. The lowest BCUT2D eigenvalue weighted by Crippen LogP contribution is -2.42. The van der Waals surface area contributed by atoms with Gasteiger partial charge in [0.15, 0.2) is 0 Å². The number of unbranched alkanes of at least 4 members (excludes halogenated alkanes) is 2. The van der Waals surface area contributed by atoms with Crippen LogP contribution in [0.1, 0.15) is 65.7 Å². The molecule has 2 atom stereocenters. The second-order valence-corrected chi connectivity index (χ2v) is 7.31. The fourth-order valence-electron chi connectivity index (χ4n) is 2.30. The minimum atomic E-state index is -3.44. The molecule has 0 amide bonds. The molecule has 1 saturated heterocycles. The number of hydrogen-bond donors (Lipinski definition) is 1. The van der Waals surface area contributed by atoms with Gasteiger partial charge in [-0.3, -0.25) is 13.6 Å². The Morgan fingerprint density at radius 3 is 2.24 bits per heavy atom. The molecule has 5 nitrogen and oxygen atoms in total. The lowest BCUT2D eigenvalue weighted by atomic mass is 10.0. The molecule has 2 unspecified atom stereocenters. The van der Waals surface area contributed by atoms with Crippen LogP contribution in [0.3, 0.4) is 0 Å². The molecule has 1 rings (SSSR count). The number of phosphoric ester groups is 1. The molecule has 1 heterocycles. The maximum Gasteiger partial charge on any atom is 0.475 e. The van der Waals surface area contributed by atoms with Gasteiger partial charge in [-0.1, -0.05) is 33.1 Å². The average Bonchev–Trinajstić information content (AvgIpc) is 2.48. The van der Waals surface area contributed by atoms with Crippen molar-refractivity contribution < 1.29 is 18.1 Å². The van der Waals surface area contributed by atoms with E-state index < -0.39 is 7.82 Å². The Balaban J connectivity index is 2.50. The van der Waals surface area contributed by atoms with Crippen LogP contribution in [0.2, 0.25) is 0 Å². The highest BCUT2D eigenvalue weighted by Gasteiger charge is 2.32. The Bertz CT molecular complexity index is 294. The minimum absolute atomic E-state index is 0.167. The molecule has 6 heteroatoms. The topological polar surface area (TPSA) is 56.8 Å². The third-order valence-electron chi connectivity index (χ3n) is 3.71. The van der Waals surface area contributed by atoms with Crippen LogP contribution in [0.25, 0.3) is 0 Å². The van der Waals surface area contributed by atoms with Crippen LogP contribution in [0.15, 0.2) is 0 Å². The van der Waals surface area contributed by atoms with Gasteiger partial charge in [0, 0.05) is 6.04 Å². The Morgan fingerprint density at radius 1 is 1.14 bits per heavy atom. The van der Waals surface area contributed by atoms with E-state index in [2.05, 4.69) is 19.2 Å². The monoisotopic (exact) mass is 321 g/mol. The number of piperidine rings is 1. The Kier molecular flexibility index (Phi) is 9.78. The maximum absolute atomic E-state index is 12.7. The van der Waals surface area contributed by atoms with Gasteiger partial charge in [-0.15, -0.1) is 0 Å². The molecule has 1 fully saturated rings. The van der Waals surface area contributed by atoms with Crippen LogP contribution in [-0.4, -0.2) is 31.9 Å². The van der Waals surface area contributed by atoms with E-state index in [1.807, 2.05) is 6.92 Å². The number of nitrogens with one attached hydrogen (secondary N) is 1. The molecule has 0 aliphatic carbocycles. The predicted octanol–water partition coefficient (Wildman–Crippen LogP) is 4.28. The first kappa shape index (κ1) is 19.1. The van der Waals surface area contributed by atoms with E-state index in [-0.39, 0.29) is 12.1 Å². The first-order valence-corrected chi connectivity index (χ1v) is 9.88. The molecule has 0 aromatic heterocycles. The minimum Gasteiger partial charge on any atom is -0.311 e. The second kappa shape index (κ2) is 10.7. The number of rotatable bonds is 11. The van der Waals surface area contributed by atoms with E-state index >= 15 is 0 Å². The van der Waals surface area contributed by atoms with Crippen molar-refractivity contribution in [3.05, 3.63) is 0 Å². The van der Waals surface area contributed by atoms with Crippen molar-refractivity contribution in [2.45, 2.75) is 77.9 Å². The molecule has 126 valence electrons. The van der Waals surface area contributed by atoms with Crippen molar-refractivity contribution in [3.8, 4) is 0 Å². The van der Waals surface area contributed by atoms with Gasteiger partial charge in [-0.2, -0.15) is 0 Å². The molecule has 0 aromatic carbocycles. The molecule has 21 heavy (non-hydrogen) atoms. The number of phosphoric acid groups is 1. The SMILES string of the molecule is CCCCOP(=O)(OCCCC)OC(C)C1CCCCN1. The number of hydrogen-bond acceptors (Lipinski definition) is 5. The van der Waals surface area contributed by atoms with E-state index in [1.54, 1.807) is 0 Å².